The van der Waals surface area contributed by atoms with E-state index in [0.717, 1.165) is 36.4 Å². The van der Waals surface area contributed by atoms with Crippen molar-refractivity contribution in [3.05, 3.63) is 29.3 Å². The number of methoxy groups -OCH3 is 1. The maximum Gasteiger partial charge on any atom is 0.119 e. The van der Waals surface area contributed by atoms with Crippen molar-refractivity contribution in [2.24, 2.45) is 11.7 Å². The van der Waals surface area contributed by atoms with Gasteiger partial charge in [0.25, 0.3) is 0 Å². The zero-order valence-corrected chi connectivity index (χ0v) is 12.8. The smallest absolute Gasteiger partial charge is 0.119 e. The Bertz CT molecular complexity index is 533. The van der Waals surface area contributed by atoms with Crippen LogP contribution in [0.4, 0.5) is 0 Å². The molecule has 2 rings (SSSR count). The number of nitrogens with zero attached hydrogens (tertiary/aromatic N) is 1. The lowest BCUT2D eigenvalue weighted by Crippen LogP contribution is -2.42. The van der Waals surface area contributed by atoms with E-state index in [9.17, 15) is 5.11 Å². The molecule has 0 bridgehead atoms. The Morgan fingerprint density at radius 2 is 2.29 bits per heavy atom. The third-order valence-electron chi connectivity index (χ3n) is 4.03. The Morgan fingerprint density at radius 3 is 2.95 bits per heavy atom. The maximum atomic E-state index is 10.0. The summed E-state index contributed by atoms with van der Waals surface area (Å²) >= 11 is 0. The third-order valence-corrected chi connectivity index (χ3v) is 4.03. The molecule has 1 fully saturated rings. The van der Waals surface area contributed by atoms with Crippen LogP contribution in [0.5, 0.6) is 5.75 Å². The van der Waals surface area contributed by atoms with Crippen molar-refractivity contribution in [3.63, 3.8) is 0 Å². The number of aliphatic hydroxyl groups is 1. The van der Waals surface area contributed by atoms with Crippen molar-refractivity contribution in [3.8, 4) is 17.6 Å². The fourth-order valence-electron chi connectivity index (χ4n) is 2.59. The highest BCUT2D eigenvalue weighted by Crippen LogP contribution is 2.22. The zero-order chi connectivity index (χ0) is 15.2. The molecule has 4 nitrogen and oxygen atoms in total. The number of piperidine rings is 1. The summed E-state index contributed by atoms with van der Waals surface area (Å²) in [4.78, 5) is 2.27. The van der Waals surface area contributed by atoms with Crippen LogP contribution in [0.25, 0.3) is 0 Å². The van der Waals surface area contributed by atoms with Crippen LogP contribution >= 0.6 is 0 Å². The Labute approximate surface area is 126 Å². The summed E-state index contributed by atoms with van der Waals surface area (Å²) in [6.07, 6.45) is 0.775. The molecule has 3 N–H and O–H groups in total. The molecule has 1 aromatic carbocycles. The number of hydrogen-bond donors (Lipinski definition) is 2. The van der Waals surface area contributed by atoms with Gasteiger partial charge in [-0.2, -0.15) is 0 Å². The summed E-state index contributed by atoms with van der Waals surface area (Å²) in [5, 5.41) is 10.0. The first kappa shape index (κ1) is 15.8. The van der Waals surface area contributed by atoms with Gasteiger partial charge in [0.2, 0.25) is 0 Å². The van der Waals surface area contributed by atoms with Crippen LogP contribution in [-0.2, 0) is 6.54 Å². The van der Waals surface area contributed by atoms with Gasteiger partial charge in [0.05, 0.1) is 19.8 Å². The molecule has 1 aliphatic rings. The van der Waals surface area contributed by atoms with Crippen molar-refractivity contribution < 1.29 is 9.84 Å². The second-order valence-electron chi connectivity index (χ2n) is 5.60. The van der Waals surface area contributed by atoms with Crippen molar-refractivity contribution in [1.82, 2.24) is 4.90 Å². The summed E-state index contributed by atoms with van der Waals surface area (Å²) < 4.78 is 5.30. The Balaban J connectivity index is 2.17. The number of likely N-dealkylation sites (tertiary alicyclic amines) is 1. The fraction of sp³-hybridized carbons (Fsp3) is 0.529. The van der Waals surface area contributed by atoms with Crippen LogP contribution in [0.15, 0.2) is 18.2 Å². The predicted molar refractivity (Wildman–Crippen MR) is 84.0 cm³/mol. The minimum atomic E-state index is -0.247. The molecule has 1 saturated heterocycles. The van der Waals surface area contributed by atoms with Crippen LogP contribution in [0.1, 0.15) is 24.5 Å². The van der Waals surface area contributed by atoms with Gasteiger partial charge in [0, 0.05) is 18.7 Å². The lowest BCUT2D eigenvalue weighted by Gasteiger charge is -2.34. The van der Waals surface area contributed by atoms with E-state index in [4.69, 9.17) is 10.5 Å². The zero-order valence-electron chi connectivity index (χ0n) is 12.8. The molecule has 0 spiro atoms. The van der Waals surface area contributed by atoms with Crippen LogP contribution in [-0.4, -0.2) is 42.9 Å². The molecule has 0 amide bonds. The summed E-state index contributed by atoms with van der Waals surface area (Å²) in [6, 6.07) is 5.90. The molecule has 2 unspecified atom stereocenters. The molecule has 1 heterocycles. The van der Waals surface area contributed by atoms with E-state index in [1.165, 1.54) is 0 Å². The third kappa shape index (κ3) is 4.21. The van der Waals surface area contributed by atoms with E-state index >= 15 is 0 Å². The van der Waals surface area contributed by atoms with Crippen LogP contribution in [0.2, 0.25) is 0 Å². The average molecular weight is 288 g/mol. The summed E-state index contributed by atoms with van der Waals surface area (Å²) in [7, 11) is 1.66. The van der Waals surface area contributed by atoms with E-state index in [-0.39, 0.29) is 6.10 Å². The normalized spacial score (nSPS) is 22.5. The number of β-amino-alcohol motifs (C(OH)–C–C–N with tert-alkyl or cyclic N) is 1. The molecule has 2 atom stereocenters. The quantitative estimate of drug-likeness (QED) is 0.821. The van der Waals surface area contributed by atoms with Crippen molar-refractivity contribution in [2.75, 3.05) is 26.7 Å². The monoisotopic (exact) mass is 288 g/mol. The van der Waals surface area contributed by atoms with Gasteiger partial charge in [-0.25, -0.2) is 0 Å². The molecule has 1 aromatic rings. The first-order valence-corrected chi connectivity index (χ1v) is 7.40. The van der Waals surface area contributed by atoms with Gasteiger partial charge in [0.1, 0.15) is 5.75 Å². The Hall–Kier alpha value is -1.54. The number of nitrogens with two attached hydrogens (primary N) is 1. The number of benzene rings is 1. The van der Waals surface area contributed by atoms with Crippen LogP contribution in [0, 0.1) is 17.8 Å². The van der Waals surface area contributed by atoms with E-state index < -0.39 is 0 Å². The topological polar surface area (TPSA) is 58.7 Å². The minimum Gasteiger partial charge on any atom is -0.497 e. The Kier molecular flexibility index (Phi) is 5.63. The highest BCUT2D eigenvalue weighted by molar-refractivity contribution is 5.45. The van der Waals surface area contributed by atoms with Gasteiger partial charge < -0.3 is 15.6 Å². The van der Waals surface area contributed by atoms with Gasteiger partial charge in [-0.3, -0.25) is 4.90 Å². The number of hydrogen-bond acceptors (Lipinski definition) is 4. The molecule has 21 heavy (non-hydrogen) atoms. The van der Waals surface area contributed by atoms with Gasteiger partial charge in [-0.05, 0) is 42.6 Å². The highest BCUT2D eigenvalue weighted by atomic mass is 16.5. The lowest BCUT2D eigenvalue weighted by atomic mass is 9.95. The number of aliphatic hydroxyl groups excluding tert-OH is 1. The van der Waals surface area contributed by atoms with Gasteiger partial charge in [0.15, 0.2) is 0 Å². The lowest BCUT2D eigenvalue weighted by molar-refractivity contribution is 0.0259. The largest absolute Gasteiger partial charge is 0.497 e. The van der Waals surface area contributed by atoms with E-state index in [1.54, 1.807) is 7.11 Å². The Morgan fingerprint density at radius 1 is 1.48 bits per heavy atom. The van der Waals surface area contributed by atoms with E-state index in [2.05, 4.69) is 23.7 Å². The van der Waals surface area contributed by atoms with Crippen LogP contribution in [0.3, 0.4) is 0 Å². The molecular weight excluding hydrogens is 264 g/mol. The fourth-order valence-corrected chi connectivity index (χ4v) is 2.59. The summed E-state index contributed by atoms with van der Waals surface area (Å²) in [5.74, 6) is 7.22. The van der Waals surface area contributed by atoms with Gasteiger partial charge in [-0.15, -0.1) is 0 Å². The second-order valence-corrected chi connectivity index (χ2v) is 5.60. The molecule has 114 valence electrons. The highest BCUT2D eigenvalue weighted by Gasteiger charge is 2.24. The van der Waals surface area contributed by atoms with Crippen molar-refractivity contribution in [2.45, 2.75) is 26.0 Å². The predicted octanol–water partition coefficient (Wildman–Crippen LogP) is 1.21. The summed E-state index contributed by atoms with van der Waals surface area (Å²) in [6.45, 7) is 4.94. The maximum absolute atomic E-state index is 10.0. The SMILES string of the molecule is COc1ccc(C#CCN)c(CN2CCC(C)C(O)C2)c1. The minimum absolute atomic E-state index is 0.247. The number of rotatable bonds is 3. The molecule has 0 saturated carbocycles. The molecular formula is C17H24N2O2. The van der Waals surface area contributed by atoms with E-state index in [1.807, 2.05) is 18.2 Å². The summed E-state index contributed by atoms with van der Waals surface area (Å²) in [5.41, 5.74) is 7.56. The van der Waals surface area contributed by atoms with Gasteiger partial charge in [-0.1, -0.05) is 18.8 Å². The average Bonchev–Trinajstić information content (AvgIpc) is 2.49. The molecule has 0 radical (unpaired) electrons. The second kappa shape index (κ2) is 7.46. The van der Waals surface area contributed by atoms with Crippen LogP contribution < -0.4 is 10.5 Å². The number of ether oxygens (including phenoxy) is 1. The molecule has 0 aromatic heterocycles. The van der Waals surface area contributed by atoms with Crippen molar-refractivity contribution in [1.29, 1.82) is 0 Å². The van der Waals surface area contributed by atoms with Crippen molar-refractivity contribution >= 4 is 0 Å². The molecule has 0 aliphatic carbocycles. The first-order chi connectivity index (χ1) is 10.1. The van der Waals surface area contributed by atoms with E-state index in [0.29, 0.717) is 19.0 Å². The van der Waals surface area contributed by atoms with Gasteiger partial charge >= 0.3 is 0 Å². The first-order valence-electron chi connectivity index (χ1n) is 7.40. The standard InChI is InChI=1S/C17H24N2O2/c1-13-7-9-19(12-17(13)20)11-15-10-16(21-2)6-5-14(15)4-3-8-18/h5-6,10,13,17,20H,7-9,11-12,18H2,1-2H3. The molecule has 1 aliphatic heterocycles. The molecule has 4 heteroatoms.